The normalized spacial score (nSPS) is 19.5. The van der Waals surface area contributed by atoms with Crippen LogP contribution >= 0.6 is 15.9 Å². The molecule has 1 fully saturated rings. The summed E-state index contributed by atoms with van der Waals surface area (Å²) in [5.41, 5.74) is 0.791. The molecule has 1 aromatic rings. The molecule has 3 heteroatoms. The molecule has 1 aliphatic carbocycles. The summed E-state index contributed by atoms with van der Waals surface area (Å²) in [7, 11) is 0. The Morgan fingerprint density at radius 3 is 2.47 bits per heavy atom. The highest BCUT2D eigenvalue weighted by molar-refractivity contribution is 9.09. The standard InChI is InChI=1S/C16H22BrNO/c1-3-15(2,11-12-17)18-14(19)16(9-10-16)13-7-5-4-6-8-13/h4-8H,3,9-12H2,1-2H3,(H,18,19). The fraction of sp³-hybridized carbons (Fsp3) is 0.562. The van der Waals surface area contributed by atoms with Crippen molar-refractivity contribution in [2.75, 3.05) is 5.33 Å². The van der Waals surface area contributed by atoms with Crippen molar-refractivity contribution in [2.24, 2.45) is 0 Å². The number of amides is 1. The molecule has 1 aromatic carbocycles. The maximum atomic E-state index is 12.7. The van der Waals surface area contributed by atoms with E-state index in [1.165, 1.54) is 0 Å². The Morgan fingerprint density at radius 2 is 2.00 bits per heavy atom. The molecular weight excluding hydrogens is 302 g/mol. The molecule has 0 bridgehead atoms. The first kappa shape index (κ1) is 14.6. The first-order valence-electron chi connectivity index (χ1n) is 7.00. The second kappa shape index (κ2) is 5.66. The van der Waals surface area contributed by atoms with Crippen LogP contribution in [0.5, 0.6) is 0 Å². The molecule has 2 nitrogen and oxygen atoms in total. The Morgan fingerprint density at radius 1 is 1.37 bits per heavy atom. The van der Waals surface area contributed by atoms with Gasteiger partial charge >= 0.3 is 0 Å². The lowest BCUT2D eigenvalue weighted by Gasteiger charge is -2.31. The summed E-state index contributed by atoms with van der Waals surface area (Å²) in [5, 5.41) is 4.19. The van der Waals surface area contributed by atoms with Crippen LogP contribution in [0, 0.1) is 0 Å². The van der Waals surface area contributed by atoms with E-state index in [0.29, 0.717) is 0 Å². The molecule has 1 aliphatic rings. The number of nitrogens with one attached hydrogen (secondary N) is 1. The minimum Gasteiger partial charge on any atom is -0.350 e. The van der Waals surface area contributed by atoms with Crippen LogP contribution in [0.1, 0.15) is 45.1 Å². The van der Waals surface area contributed by atoms with Gasteiger partial charge in [0.2, 0.25) is 5.91 Å². The van der Waals surface area contributed by atoms with E-state index in [1.807, 2.05) is 18.2 Å². The average molecular weight is 324 g/mol. The summed E-state index contributed by atoms with van der Waals surface area (Å²) in [6.45, 7) is 4.26. The first-order valence-corrected chi connectivity index (χ1v) is 8.12. The third-order valence-electron chi connectivity index (χ3n) is 4.35. The number of hydrogen-bond acceptors (Lipinski definition) is 1. The Hall–Kier alpha value is -0.830. The van der Waals surface area contributed by atoms with Crippen LogP contribution in [0.25, 0.3) is 0 Å². The third kappa shape index (κ3) is 3.02. The highest BCUT2D eigenvalue weighted by Gasteiger charge is 2.52. The van der Waals surface area contributed by atoms with E-state index in [4.69, 9.17) is 0 Å². The SMILES string of the molecule is CCC(C)(CCBr)NC(=O)C1(c2ccccc2)CC1. The van der Waals surface area contributed by atoms with Crippen LogP contribution in [-0.4, -0.2) is 16.8 Å². The number of carbonyl (C=O) groups excluding carboxylic acids is 1. The molecule has 1 N–H and O–H groups in total. The van der Waals surface area contributed by atoms with E-state index in [2.05, 4.69) is 47.2 Å². The summed E-state index contributed by atoms with van der Waals surface area (Å²) >= 11 is 3.48. The van der Waals surface area contributed by atoms with Gasteiger partial charge in [0.1, 0.15) is 0 Å². The monoisotopic (exact) mass is 323 g/mol. The van der Waals surface area contributed by atoms with E-state index in [-0.39, 0.29) is 16.9 Å². The van der Waals surface area contributed by atoms with Gasteiger partial charge in [0, 0.05) is 10.9 Å². The van der Waals surface area contributed by atoms with Crippen LogP contribution in [0.15, 0.2) is 30.3 Å². The molecule has 0 saturated heterocycles. The van der Waals surface area contributed by atoms with Crippen molar-refractivity contribution >= 4 is 21.8 Å². The first-order chi connectivity index (χ1) is 9.06. The molecule has 1 unspecified atom stereocenters. The van der Waals surface area contributed by atoms with Crippen molar-refractivity contribution in [1.82, 2.24) is 5.32 Å². The van der Waals surface area contributed by atoms with Crippen LogP contribution < -0.4 is 5.32 Å². The van der Waals surface area contributed by atoms with Gasteiger partial charge in [-0.15, -0.1) is 0 Å². The second-order valence-corrected chi connectivity index (χ2v) is 6.55. The largest absolute Gasteiger partial charge is 0.350 e. The minimum absolute atomic E-state index is 0.106. The average Bonchev–Trinajstić information content (AvgIpc) is 3.21. The number of halogens is 1. The van der Waals surface area contributed by atoms with Gasteiger partial charge < -0.3 is 5.32 Å². The molecule has 2 rings (SSSR count). The van der Waals surface area contributed by atoms with Crippen LogP contribution in [-0.2, 0) is 10.2 Å². The zero-order chi connectivity index (χ0) is 13.9. The van der Waals surface area contributed by atoms with Gasteiger partial charge in [-0.1, -0.05) is 53.2 Å². The lowest BCUT2D eigenvalue weighted by Crippen LogP contribution is -2.49. The fourth-order valence-corrected chi connectivity index (χ4v) is 3.33. The molecule has 0 aromatic heterocycles. The number of rotatable bonds is 6. The van der Waals surface area contributed by atoms with Crippen molar-refractivity contribution < 1.29 is 4.79 Å². The Kier molecular flexibility index (Phi) is 4.34. The van der Waals surface area contributed by atoms with Crippen molar-refractivity contribution in [2.45, 2.75) is 50.5 Å². The highest BCUT2D eigenvalue weighted by atomic mass is 79.9. The second-order valence-electron chi connectivity index (χ2n) is 5.76. The quantitative estimate of drug-likeness (QED) is 0.793. The smallest absolute Gasteiger partial charge is 0.231 e. The summed E-state index contributed by atoms with van der Waals surface area (Å²) in [6.07, 6.45) is 3.85. The van der Waals surface area contributed by atoms with Crippen LogP contribution in [0.4, 0.5) is 0 Å². The van der Waals surface area contributed by atoms with Crippen LogP contribution in [0.3, 0.4) is 0 Å². The minimum atomic E-state index is -0.260. The zero-order valence-corrected chi connectivity index (χ0v) is 13.3. The molecule has 0 spiro atoms. The fourth-order valence-electron chi connectivity index (χ4n) is 2.46. The molecule has 0 aliphatic heterocycles. The van der Waals surface area contributed by atoms with E-state index >= 15 is 0 Å². The van der Waals surface area contributed by atoms with Gasteiger partial charge in [-0.25, -0.2) is 0 Å². The summed E-state index contributed by atoms with van der Waals surface area (Å²) in [5.74, 6) is 0.198. The van der Waals surface area contributed by atoms with Crippen molar-refractivity contribution in [3.8, 4) is 0 Å². The predicted molar refractivity (Wildman–Crippen MR) is 82.6 cm³/mol. The maximum Gasteiger partial charge on any atom is 0.231 e. The topological polar surface area (TPSA) is 29.1 Å². The van der Waals surface area contributed by atoms with Gasteiger partial charge in [0.15, 0.2) is 0 Å². The molecule has 1 amide bonds. The van der Waals surface area contributed by atoms with Crippen molar-refractivity contribution in [3.05, 3.63) is 35.9 Å². The van der Waals surface area contributed by atoms with Crippen molar-refractivity contribution in [1.29, 1.82) is 0 Å². The Labute approximate surface area is 124 Å². The van der Waals surface area contributed by atoms with Crippen LogP contribution in [0.2, 0.25) is 0 Å². The third-order valence-corrected chi connectivity index (χ3v) is 4.75. The molecular formula is C16H22BrNO. The van der Waals surface area contributed by atoms with Gasteiger partial charge in [-0.2, -0.15) is 0 Å². The molecule has 104 valence electrons. The number of carbonyl (C=O) groups is 1. The highest BCUT2D eigenvalue weighted by Crippen LogP contribution is 2.48. The predicted octanol–water partition coefficient (Wildman–Crippen LogP) is 3.79. The molecule has 19 heavy (non-hydrogen) atoms. The molecule has 0 radical (unpaired) electrons. The van der Waals surface area contributed by atoms with Gasteiger partial charge in [0.05, 0.1) is 5.41 Å². The van der Waals surface area contributed by atoms with Gasteiger partial charge in [-0.3, -0.25) is 4.79 Å². The maximum absolute atomic E-state index is 12.7. The summed E-state index contributed by atoms with van der Waals surface area (Å²) in [4.78, 5) is 12.7. The Bertz CT molecular complexity index is 441. The van der Waals surface area contributed by atoms with E-state index in [0.717, 1.165) is 36.6 Å². The number of hydrogen-bond donors (Lipinski definition) is 1. The van der Waals surface area contributed by atoms with Gasteiger partial charge in [0.25, 0.3) is 0 Å². The number of benzene rings is 1. The van der Waals surface area contributed by atoms with E-state index in [1.54, 1.807) is 0 Å². The molecule has 1 saturated carbocycles. The molecule has 0 heterocycles. The zero-order valence-electron chi connectivity index (χ0n) is 11.7. The van der Waals surface area contributed by atoms with Gasteiger partial charge in [-0.05, 0) is 38.2 Å². The van der Waals surface area contributed by atoms with E-state index in [9.17, 15) is 4.79 Å². The van der Waals surface area contributed by atoms with Crippen molar-refractivity contribution in [3.63, 3.8) is 0 Å². The Balaban J connectivity index is 2.12. The summed E-state index contributed by atoms with van der Waals surface area (Å²) < 4.78 is 0. The lowest BCUT2D eigenvalue weighted by atomic mass is 9.90. The summed E-state index contributed by atoms with van der Waals surface area (Å²) in [6, 6.07) is 10.2. The van der Waals surface area contributed by atoms with E-state index < -0.39 is 0 Å². The lowest BCUT2D eigenvalue weighted by molar-refractivity contribution is -0.125. The molecule has 1 atom stereocenters. The number of alkyl halides is 1.